The summed E-state index contributed by atoms with van der Waals surface area (Å²) in [6.07, 6.45) is 0.866. The molecule has 7 heteroatoms. The Balaban J connectivity index is 4.42. The summed E-state index contributed by atoms with van der Waals surface area (Å²) in [6, 6.07) is 1.04. The van der Waals surface area contributed by atoms with Crippen molar-refractivity contribution in [3.05, 3.63) is 12.2 Å². The summed E-state index contributed by atoms with van der Waals surface area (Å²) in [6.45, 7) is 21.0. The Labute approximate surface area is 140 Å². The SMILES string of the molecule is C=C(C)C(=O)OCCC[SiH2]C(C)(O[Si](C)(C)C)O[Si](C)(C)C. The highest BCUT2D eigenvalue weighted by Gasteiger charge is 2.36. The summed E-state index contributed by atoms with van der Waals surface area (Å²) in [4.78, 5) is 11.3. The first kappa shape index (κ1) is 21.8. The number of ether oxygens (including phenoxy) is 1. The molecular formula is C15H34O4Si3. The molecule has 0 saturated heterocycles. The number of hydrogen-bond acceptors (Lipinski definition) is 4. The van der Waals surface area contributed by atoms with Gasteiger partial charge in [-0.2, -0.15) is 0 Å². The normalized spacial score (nSPS) is 13.6. The molecule has 0 aromatic heterocycles. The van der Waals surface area contributed by atoms with Crippen molar-refractivity contribution in [2.24, 2.45) is 0 Å². The highest BCUT2D eigenvalue weighted by atomic mass is 28.4. The van der Waals surface area contributed by atoms with Crippen LogP contribution < -0.4 is 0 Å². The van der Waals surface area contributed by atoms with Gasteiger partial charge in [-0.25, -0.2) is 4.79 Å². The van der Waals surface area contributed by atoms with E-state index in [0.717, 1.165) is 12.5 Å². The van der Waals surface area contributed by atoms with Gasteiger partial charge < -0.3 is 13.6 Å². The fourth-order valence-corrected chi connectivity index (χ4v) is 9.52. The molecule has 0 fully saturated rings. The van der Waals surface area contributed by atoms with Crippen molar-refractivity contribution in [2.45, 2.75) is 71.0 Å². The predicted molar refractivity (Wildman–Crippen MR) is 101 cm³/mol. The third-order valence-electron chi connectivity index (χ3n) is 2.65. The van der Waals surface area contributed by atoms with Gasteiger partial charge in [0.25, 0.3) is 0 Å². The molecule has 0 spiro atoms. The summed E-state index contributed by atoms with van der Waals surface area (Å²) in [5, 5.41) is 0. The quantitative estimate of drug-likeness (QED) is 0.196. The van der Waals surface area contributed by atoms with Crippen molar-refractivity contribution < 1.29 is 18.4 Å². The number of hydrogen-bond donors (Lipinski definition) is 0. The van der Waals surface area contributed by atoms with Crippen molar-refractivity contribution >= 4 is 32.1 Å². The van der Waals surface area contributed by atoms with Crippen LogP contribution >= 0.6 is 0 Å². The first-order valence-electron chi connectivity index (χ1n) is 7.97. The van der Waals surface area contributed by atoms with E-state index in [-0.39, 0.29) is 5.97 Å². The van der Waals surface area contributed by atoms with Crippen LogP contribution in [0.15, 0.2) is 12.2 Å². The molecule has 130 valence electrons. The van der Waals surface area contributed by atoms with Crippen LogP contribution in [0, 0.1) is 0 Å². The molecule has 0 aliphatic carbocycles. The van der Waals surface area contributed by atoms with E-state index in [0.29, 0.717) is 12.2 Å². The molecule has 0 heterocycles. The minimum Gasteiger partial charge on any atom is -0.462 e. The maximum Gasteiger partial charge on any atom is 0.333 e. The zero-order valence-corrected chi connectivity index (χ0v) is 19.1. The lowest BCUT2D eigenvalue weighted by molar-refractivity contribution is -0.138. The molecule has 0 bridgehead atoms. The maximum atomic E-state index is 11.3. The number of carbonyl (C=O) groups excluding carboxylic acids is 1. The van der Waals surface area contributed by atoms with Crippen LogP contribution in [0.3, 0.4) is 0 Å². The van der Waals surface area contributed by atoms with E-state index in [1.807, 2.05) is 0 Å². The van der Waals surface area contributed by atoms with E-state index in [1.165, 1.54) is 0 Å². The van der Waals surface area contributed by atoms with E-state index in [4.69, 9.17) is 13.6 Å². The Kier molecular flexibility index (Phi) is 8.50. The molecule has 0 rings (SSSR count). The van der Waals surface area contributed by atoms with Crippen LogP contribution in [0.1, 0.15) is 20.3 Å². The monoisotopic (exact) mass is 362 g/mol. The first-order valence-corrected chi connectivity index (χ1v) is 16.5. The molecule has 0 aromatic carbocycles. The van der Waals surface area contributed by atoms with Crippen LogP contribution in [0.5, 0.6) is 0 Å². The van der Waals surface area contributed by atoms with Gasteiger partial charge in [0.05, 0.1) is 16.1 Å². The van der Waals surface area contributed by atoms with Crippen LogP contribution in [0.25, 0.3) is 0 Å². The summed E-state index contributed by atoms with van der Waals surface area (Å²) < 4.78 is 17.9. The van der Waals surface area contributed by atoms with Gasteiger partial charge >= 0.3 is 5.97 Å². The van der Waals surface area contributed by atoms with Crippen LogP contribution in [0.2, 0.25) is 45.3 Å². The predicted octanol–water partition coefficient (Wildman–Crippen LogP) is 3.46. The van der Waals surface area contributed by atoms with E-state index in [1.54, 1.807) is 6.92 Å². The average molecular weight is 363 g/mol. The Bertz CT molecular complexity index is 367. The molecule has 0 unspecified atom stereocenters. The molecule has 0 amide bonds. The summed E-state index contributed by atoms with van der Waals surface area (Å²) in [5.74, 6) is -0.305. The van der Waals surface area contributed by atoms with E-state index in [2.05, 4.69) is 52.8 Å². The van der Waals surface area contributed by atoms with Gasteiger partial charge in [-0.15, -0.1) is 0 Å². The largest absolute Gasteiger partial charge is 0.462 e. The Morgan fingerprint density at radius 3 is 1.91 bits per heavy atom. The Morgan fingerprint density at radius 2 is 1.55 bits per heavy atom. The first-order chi connectivity index (χ1) is 9.74. The third-order valence-corrected chi connectivity index (χ3v) is 7.37. The van der Waals surface area contributed by atoms with Crippen LogP contribution in [-0.4, -0.2) is 44.1 Å². The zero-order chi connectivity index (χ0) is 17.6. The lowest BCUT2D eigenvalue weighted by Gasteiger charge is -2.40. The van der Waals surface area contributed by atoms with E-state index >= 15 is 0 Å². The van der Waals surface area contributed by atoms with Crippen molar-refractivity contribution in [3.8, 4) is 0 Å². The van der Waals surface area contributed by atoms with Crippen molar-refractivity contribution in [2.75, 3.05) is 6.61 Å². The van der Waals surface area contributed by atoms with Gasteiger partial charge in [-0.1, -0.05) is 12.6 Å². The van der Waals surface area contributed by atoms with Crippen LogP contribution in [0.4, 0.5) is 0 Å². The third kappa shape index (κ3) is 11.4. The second kappa shape index (κ2) is 8.58. The molecule has 0 radical (unpaired) electrons. The van der Waals surface area contributed by atoms with Gasteiger partial charge in [-0.05, 0) is 59.6 Å². The molecule has 0 N–H and O–H groups in total. The second-order valence-corrected chi connectivity index (χ2v) is 19.3. The van der Waals surface area contributed by atoms with Gasteiger partial charge in [0.1, 0.15) is 5.41 Å². The Hall–Kier alpha value is -0.219. The number of carbonyl (C=O) groups is 1. The lowest BCUT2D eigenvalue weighted by Crippen LogP contribution is -2.52. The van der Waals surface area contributed by atoms with E-state index in [9.17, 15) is 4.79 Å². The van der Waals surface area contributed by atoms with Gasteiger partial charge in [0.2, 0.25) is 0 Å². The smallest absolute Gasteiger partial charge is 0.333 e. The molecule has 0 aliphatic rings. The summed E-state index contributed by atoms with van der Waals surface area (Å²) in [5.41, 5.74) is 0.0547. The van der Waals surface area contributed by atoms with E-state index < -0.39 is 31.6 Å². The Morgan fingerprint density at radius 1 is 1.09 bits per heavy atom. The molecule has 0 atom stereocenters. The van der Waals surface area contributed by atoms with Gasteiger partial charge in [0, 0.05) is 5.57 Å². The highest BCUT2D eigenvalue weighted by molar-refractivity contribution is 6.72. The summed E-state index contributed by atoms with van der Waals surface area (Å²) in [7, 11) is -3.90. The van der Waals surface area contributed by atoms with Gasteiger partial charge in [-0.3, -0.25) is 0 Å². The number of rotatable bonds is 10. The second-order valence-electron chi connectivity index (χ2n) is 7.94. The topological polar surface area (TPSA) is 44.8 Å². The van der Waals surface area contributed by atoms with Crippen molar-refractivity contribution in [3.63, 3.8) is 0 Å². The molecule has 0 aliphatic heterocycles. The fraction of sp³-hybridized carbons (Fsp3) is 0.800. The molecule has 0 saturated carbocycles. The van der Waals surface area contributed by atoms with Crippen LogP contribution in [-0.2, 0) is 18.4 Å². The molecule has 0 aromatic rings. The minimum absolute atomic E-state index is 0.305. The molecule has 4 nitrogen and oxygen atoms in total. The average Bonchev–Trinajstić information content (AvgIpc) is 2.22. The lowest BCUT2D eigenvalue weighted by atomic mass is 10.4. The minimum atomic E-state index is -1.66. The fourth-order valence-electron chi connectivity index (χ4n) is 2.25. The van der Waals surface area contributed by atoms with Crippen molar-refractivity contribution in [1.82, 2.24) is 0 Å². The van der Waals surface area contributed by atoms with Gasteiger partial charge in [0.15, 0.2) is 16.6 Å². The zero-order valence-electron chi connectivity index (χ0n) is 15.7. The molecular weight excluding hydrogens is 328 g/mol. The standard InChI is InChI=1S/C15H34O4Si3/c1-13(2)14(16)17-11-10-12-20-15(3,18-21(4,5)6)19-22(7,8)9/h1,10-12,20H2,2-9H3. The number of esters is 1. The summed E-state index contributed by atoms with van der Waals surface area (Å²) >= 11 is 0. The maximum absolute atomic E-state index is 11.3. The molecule has 22 heavy (non-hydrogen) atoms. The highest BCUT2D eigenvalue weighted by Crippen LogP contribution is 2.24. The van der Waals surface area contributed by atoms with Crippen molar-refractivity contribution in [1.29, 1.82) is 0 Å².